The highest BCUT2D eigenvalue weighted by molar-refractivity contribution is 6.18. The molecule has 0 N–H and O–H groups in total. The Bertz CT molecular complexity index is 100. The summed E-state index contributed by atoms with van der Waals surface area (Å²) in [7, 11) is 0. The molecular weight excluding hydrogens is 170 g/mol. The van der Waals surface area contributed by atoms with Gasteiger partial charge in [0.1, 0.15) is 0 Å². The molecule has 0 aromatic rings. The van der Waals surface area contributed by atoms with Gasteiger partial charge in [-0.3, -0.25) is 4.90 Å². The first-order valence-corrected chi connectivity index (χ1v) is 5.52. The molecule has 0 aliphatic carbocycles. The van der Waals surface area contributed by atoms with Crippen LogP contribution in [0.2, 0.25) is 0 Å². The second-order valence-electron chi connectivity index (χ2n) is 3.55. The van der Waals surface area contributed by atoms with E-state index in [1.807, 2.05) is 0 Å². The lowest BCUT2D eigenvalue weighted by Crippen LogP contribution is -2.41. The Morgan fingerprint density at radius 2 is 1.83 bits per heavy atom. The van der Waals surface area contributed by atoms with Crippen molar-refractivity contribution in [3.8, 4) is 0 Å². The Morgan fingerprint density at radius 1 is 1.25 bits per heavy atom. The van der Waals surface area contributed by atoms with E-state index in [-0.39, 0.29) is 0 Å². The van der Waals surface area contributed by atoms with Gasteiger partial charge in [0.2, 0.25) is 0 Å². The van der Waals surface area contributed by atoms with Gasteiger partial charge in [-0.2, -0.15) is 0 Å². The van der Waals surface area contributed by atoms with E-state index in [9.17, 15) is 0 Å². The van der Waals surface area contributed by atoms with E-state index in [0.717, 1.165) is 12.3 Å². The van der Waals surface area contributed by atoms with Crippen LogP contribution in [0.1, 0.15) is 40.5 Å². The van der Waals surface area contributed by atoms with Gasteiger partial charge in [-0.25, -0.2) is 0 Å². The molecule has 0 amide bonds. The molecule has 1 unspecified atom stereocenters. The van der Waals surface area contributed by atoms with Crippen molar-refractivity contribution in [1.82, 2.24) is 4.90 Å². The molecule has 0 aromatic heterocycles. The molecule has 1 atom stereocenters. The predicted octanol–water partition coefficient (Wildman–Crippen LogP) is 3.12. The minimum absolute atomic E-state index is 0.562. The summed E-state index contributed by atoms with van der Waals surface area (Å²) < 4.78 is 0. The second-order valence-corrected chi connectivity index (χ2v) is 3.86. The minimum atomic E-state index is 0.562. The average Bonchev–Trinajstić information content (AvgIpc) is 2.05. The van der Waals surface area contributed by atoms with Gasteiger partial charge in [-0.15, -0.1) is 11.6 Å². The highest BCUT2D eigenvalue weighted by Gasteiger charge is 2.17. The highest BCUT2D eigenvalue weighted by Crippen LogP contribution is 2.11. The van der Waals surface area contributed by atoms with Crippen LogP contribution in [0.3, 0.4) is 0 Å². The van der Waals surface area contributed by atoms with Gasteiger partial charge in [0, 0.05) is 18.0 Å². The van der Waals surface area contributed by atoms with Gasteiger partial charge in [0.05, 0.1) is 0 Å². The monoisotopic (exact) mass is 191 g/mol. The number of rotatable bonds is 6. The van der Waals surface area contributed by atoms with Crippen LogP contribution in [-0.4, -0.2) is 29.4 Å². The van der Waals surface area contributed by atoms with Crippen LogP contribution in [0.15, 0.2) is 0 Å². The fourth-order valence-corrected chi connectivity index (χ4v) is 1.95. The topological polar surface area (TPSA) is 3.24 Å². The Morgan fingerprint density at radius 3 is 2.08 bits per heavy atom. The Kier molecular flexibility index (Phi) is 6.87. The van der Waals surface area contributed by atoms with Crippen LogP contribution in [0.4, 0.5) is 0 Å². The molecule has 0 aromatic carbocycles. The van der Waals surface area contributed by atoms with Crippen LogP contribution in [0.5, 0.6) is 0 Å². The number of halogens is 1. The number of hydrogen-bond acceptors (Lipinski definition) is 1. The molecule has 0 heterocycles. The molecule has 0 aliphatic rings. The van der Waals surface area contributed by atoms with Crippen LogP contribution >= 0.6 is 11.6 Å². The average molecular weight is 192 g/mol. The fourth-order valence-electron chi connectivity index (χ4n) is 1.55. The standard InChI is InChI=1S/C10H22ClN/c1-5-7-12(9(3)4)10(6-2)8-11/h9-10H,5-8H2,1-4H3. The van der Waals surface area contributed by atoms with Gasteiger partial charge in [0.25, 0.3) is 0 Å². The third-order valence-corrected chi connectivity index (χ3v) is 2.62. The molecule has 0 aliphatic heterocycles. The van der Waals surface area contributed by atoms with E-state index in [2.05, 4.69) is 32.6 Å². The van der Waals surface area contributed by atoms with Gasteiger partial charge in [0.15, 0.2) is 0 Å². The van der Waals surface area contributed by atoms with Gasteiger partial charge in [-0.05, 0) is 33.2 Å². The zero-order valence-electron chi connectivity index (χ0n) is 8.81. The smallest absolute Gasteiger partial charge is 0.0379 e. The van der Waals surface area contributed by atoms with Crippen LogP contribution in [-0.2, 0) is 0 Å². The maximum atomic E-state index is 5.90. The summed E-state index contributed by atoms with van der Waals surface area (Å²) in [6, 6.07) is 1.18. The maximum absolute atomic E-state index is 5.90. The molecule has 0 radical (unpaired) electrons. The first-order chi connectivity index (χ1) is 5.67. The van der Waals surface area contributed by atoms with Gasteiger partial charge < -0.3 is 0 Å². The van der Waals surface area contributed by atoms with E-state index >= 15 is 0 Å². The Balaban J connectivity index is 4.05. The van der Waals surface area contributed by atoms with Crippen molar-refractivity contribution in [2.75, 3.05) is 12.4 Å². The molecule has 0 bridgehead atoms. The van der Waals surface area contributed by atoms with E-state index in [4.69, 9.17) is 11.6 Å². The van der Waals surface area contributed by atoms with Crippen molar-refractivity contribution in [2.45, 2.75) is 52.6 Å². The second kappa shape index (κ2) is 6.73. The Labute approximate surface area is 82.1 Å². The lowest BCUT2D eigenvalue weighted by molar-refractivity contribution is 0.162. The Hall–Kier alpha value is 0.250. The van der Waals surface area contributed by atoms with Crippen molar-refractivity contribution in [3.05, 3.63) is 0 Å². The number of nitrogens with zero attached hydrogens (tertiary/aromatic N) is 1. The van der Waals surface area contributed by atoms with Crippen molar-refractivity contribution in [3.63, 3.8) is 0 Å². The molecule has 0 fully saturated rings. The fraction of sp³-hybridized carbons (Fsp3) is 1.00. The van der Waals surface area contributed by atoms with Crippen molar-refractivity contribution in [2.24, 2.45) is 0 Å². The summed E-state index contributed by atoms with van der Waals surface area (Å²) in [5.74, 6) is 0.759. The molecule has 0 saturated carbocycles. The minimum Gasteiger partial charge on any atom is -0.297 e. The first kappa shape index (κ1) is 12.2. The third kappa shape index (κ3) is 3.77. The molecule has 0 saturated heterocycles. The van der Waals surface area contributed by atoms with E-state index in [1.165, 1.54) is 13.0 Å². The van der Waals surface area contributed by atoms with E-state index in [0.29, 0.717) is 12.1 Å². The molecule has 12 heavy (non-hydrogen) atoms. The summed E-state index contributed by atoms with van der Waals surface area (Å²) in [6.07, 6.45) is 2.37. The van der Waals surface area contributed by atoms with Gasteiger partial charge in [-0.1, -0.05) is 13.8 Å². The summed E-state index contributed by atoms with van der Waals surface area (Å²) in [5.41, 5.74) is 0. The summed E-state index contributed by atoms with van der Waals surface area (Å²) in [5, 5.41) is 0. The molecule has 74 valence electrons. The van der Waals surface area contributed by atoms with Crippen LogP contribution in [0.25, 0.3) is 0 Å². The highest BCUT2D eigenvalue weighted by atomic mass is 35.5. The van der Waals surface area contributed by atoms with Crippen molar-refractivity contribution >= 4 is 11.6 Å². The zero-order chi connectivity index (χ0) is 9.56. The largest absolute Gasteiger partial charge is 0.297 e. The quantitative estimate of drug-likeness (QED) is 0.584. The van der Waals surface area contributed by atoms with E-state index < -0.39 is 0 Å². The maximum Gasteiger partial charge on any atom is 0.0379 e. The molecule has 2 heteroatoms. The zero-order valence-corrected chi connectivity index (χ0v) is 9.56. The van der Waals surface area contributed by atoms with Crippen molar-refractivity contribution < 1.29 is 0 Å². The van der Waals surface area contributed by atoms with Crippen LogP contribution in [0, 0.1) is 0 Å². The predicted molar refractivity (Wildman–Crippen MR) is 56.9 cm³/mol. The SMILES string of the molecule is CCCN(C(C)C)C(CC)CCl. The molecular formula is C10H22ClN. The summed E-state index contributed by atoms with van der Waals surface area (Å²) in [4.78, 5) is 2.49. The number of alkyl halides is 1. The first-order valence-electron chi connectivity index (χ1n) is 4.99. The lowest BCUT2D eigenvalue weighted by Gasteiger charge is -2.32. The molecule has 0 spiro atoms. The lowest BCUT2D eigenvalue weighted by atomic mass is 10.1. The summed E-state index contributed by atoms with van der Waals surface area (Å²) >= 11 is 5.90. The van der Waals surface area contributed by atoms with E-state index in [1.54, 1.807) is 0 Å². The van der Waals surface area contributed by atoms with Gasteiger partial charge >= 0.3 is 0 Å². The number of hydrogen-bond donors (Lipinski definition) is 0. The molecule has 0 rings (SSSR count). The molecule has 1 nitrogen and oxygen atoms in total. The summed E-state index contributed by atoms with van der Waals surface area (Å²) in [6.45, 7) is 10.1. The third-order valence-electron chi connectivity index (χ3n) is 2.26. The normalized spacial score (nSPS) is 14.2. The van der Waals surface area contributed by atoms with Crippen LogP contribution < -0.4 is 0 Å². The van der Waals surface area contributed by atoms with Crippen molar-refractivity contribution in [1.29, 1.82) is 0 Å².